The first-order valence-corrected chi connectivity index (χ1v) is 11.0. The molecule has 0 spiro atoms. The molecule has 0 N–H and O–H groups in total. The van der Waals surface area contributed by atoms with Crippen LogP contribution in [0.2, 0.25) is 0 Å². The molecule has 0 aliphatic rings. The van der Waals surface area contributed by atoms with Crippen LogP contribution in [0.3, 0.4) is 0 Å². The lowest BCUT2D eigenvalue weighted by atomic mass is 9.95. The zero-order valence-corrected chi connectivity index (χ0v) is 17.7. The Kier molecular flexibility index (Phi) is 3.84. The van der Waals surface area contributed by atoms with E-state index in [2.05, 4.69) is 54.6 Å². The maximum atomic E-state index is 6.20. The first-order valence-electron chi connectivity index (χ1n) is 11.0. The molecule has 3 heteroatoms. The van der Waals surface area contributed by atoms with Crippen molar-refractivity contribution < 1.29 is 4.42 Å². The number of hydrogen-bond acceptors (Lipinski definition) is 3. The molecular formula is C30H18N2O. The Morgan fingerprint density at radius 3 is 2.06 bits per heavy atom. The summed E-state index contributed by atoms with van der Waals surface area (Å²) in [5.41, 5.74) is 7.41. The van der Waals surface area contributed by atoms with Crippen LogP contribution in [0.5, 0.6) is 0 Å². The zero-order valence-electron chi connectivity index (χ0n) is 17.7. The molecule has 2 heterocycles. The number of fused-ring (bicyclic) bond motifs is 6. The van der Waals surface area contributed by atoms with Crippen molar-refractivity contribution in [3.05, 3.63) is 109 Å². The number of benzene rings is 5. The Morgan fingerprint density at radius 1 is 0.485 bits per heavy atom. The van der Waals surface area contributed by atoms with Gasteiger partial charge in [0.1, 0.15) is 11.2 Å². The van der Waals surface area contributed by atoms with E-state index in [0.29, 0.717) is 0 Å². The molecule has 154 valence electrons. The smallest absolute Gasteiger partial charge is 0.136 e. The SMILES string of the molecule is c1ccc(-c2nc3ccccc3nc2-c2cccc3ccc4oc5ccccc5c4c23)cc1. The molecule has 0 unspecified atom stereocenters. The fourth-order valence-electron chi connectivity index (χ4n) is 4.78. The number of furan rings is 1. The molecule has 0 aliphatic carbocycles. The van der Waals surface area contributed by atoms with Gasteiger partial charge in [-0.2, -0.15) is 0 Å². The topological polar surface area (TPSA) is 38.9 Å². The van der Waals surface area contributed by atoms with Gasteiger partial charge in [-0.05, 0) is 29.7 Å². The minimum absolute atomic E-state index is 0.878. The van der Waals surface area contributed by atoms with Gasteiger partial charge in [0.25, 0.3) is 0 Å². The number of hydrogen-bond donors (Lipinski definition) is 0. The van der Waals surface area contributed by atoms with E-state index in [1.165, 1.54) is 0 Å². The predicted molar refractivity (Wildman–Crippen MR) is 135 cm³/mol. The highest BCUT2D eigenvalue weighted by atomic mass is 16.3. The Balaban J connectivity index is 1.66. The summed E-state index contributed by atoms with van der Waals surface area (Å²) in [6, 6.07) is 37.1. The van der Waals surface area contributed by atoms with Gasteiger partial charge in [0, 0.05) is 27.3 Å². The van der Waals surface area contributed by atoms with Gasteiger partial charge in [0.15, 0.2) is 0 Å². The van der Waals surface area contributed by atoms with Crippen LogP contribution < -0.4 is 0 Å². The normalized spacial score (nSPS) is 11.6. The molecular weight excluding hydrogens is 404 g/mol. The molecule has 33 heavy (non-hydrogen) atoms. The number of aromatic nitrogens is 2. The molecule has 3 nitrogen and oxygen atoms in total. The van der Waals surface area contributed by atoms with E-state index in [1.807, 2.05) is 54.6 Å². The lowest BCUT2D eigenvalue weighted by Gasteiger charge is -2.13. The number of nitrogens with zero attached hydrogens (tertiary/aromatic N) is 2. The quantitative estimate of drug-likeness (QED) is 0.283. The summed E-state index contributed by atoms with van der Waals surface area (Å²) in [7, 11) is 0. The van der Waals surface area contributed by atoms with E-state index in [-0.39, 0.29) is 0 Å². The van der Waals surface area contributed by atoms with E-state index in [9.17, 15) is 0 Å². The lowest BCUT2D eigenvalue weighted by molar-refractivity contribution is 0.669. The largest absolute Gasteiger partial charge is 0.456 e. The molecule has 5 aromatic carbocycles. The van der Waals surface area contributed by atoms with Crippen LogP contribution in [0.25, 0.3) is 66.3 Å². The zero-order chi connectivity index (χ0) is 21.8. The molecule has 0 saturated carbocycles. The second-order valence-electron chi connectivity index (χ2n) is 8.22. The van der Waals surface area contributed by atoms with Crippen molar-refractivity contribution in [2.24, 2.45) is 0 Å². The third kappa shape index (κ3) is 2.76. The standard InChI is InChI=1S/C30H18N2O/c1-2-9-20(10-3-1)29-30(32-24-15-6-5-14-23(24)31-29)22-13-8-11-19-17-18-26-28(27(19)22)21-12-4-7-16-25(21)33-26/h1-18H. The van der Waals surface area contributed by atoms with Crippen molar-refractivity contribution in [2.45, 2.75) is 0 Å². The van der Waals surface area contributed by atoms with Crippen LogP contribution >= 0.6 is 0 Å². The molecule has 0 amide bonds. The second-order valence-corrected chi connectivity index (χ2v) is 8.22. The summed E-state index contributed by atoms with van der Waals surface area (Å²) in [6.45, 7) is 0. The Labute approximate surface area is 190 Å². The van der Waals surface area contributed by atoms with Gasteiger partial charge >= 0.3 is 0 Å². The first-order chi connectivity index (χ1) is 16.4. The van der Waals surface area contributed by atoms with E-state index in [1.54, 1.807) is 0 Å². The minimum Gasteiger partial charge on any atom is -0.456 e. The Bertz CT molecular complexity index is 1820. The van der Waals surface area contributed by atoms with Gasteiger partial charge in [-0.1, -0.05) is 84.9 Å². The molecule has 0 aliphatic heterocycles. The molecule has 2 aromatic heterocycles. The average molecular weight is 422 g/mol. The highest BCUT2D eigenvalue weighted by Crippen LogP contribution is 2.41. The molecule has 0 bridgehead atoms. The van der Waals surface area contributed by atoms with Crippen LogP contribution in [-0.2, 0) is 0 Å². The summed E-state index contributed by atoms with van der Waals surface area (Å²) < 4.78 is 6.20. The van der Waals surface area contributed by atoms with Gasteiger partial charge in [0.2, 0.25) is 0 Å². The molecule has 0 radical (unpaired) electrons. The van der Waals surface area contributed by atoms with E-state index in [0.717, 1.165) is 66.3 Å². The Hall–Kier alpha value is -4.50. The predicted octanol–water partition coefficient (Wildman–Crippen LogP) is 8.02. The van der Waals surface area contributed by atoms with E-state index < -0.39 is 0 Å². The molecule has 7 aromatic rings. The van der Waals surface area contributed by atoms with Crippen molar-refractivity contribution in [2.75, 3.05) is 0 Å². The van der Waals surface area contributed by atoms with Crippen LogP contribution in [0.4, 0.5) is 0 Å². The molecule has 0 fully saturated rings. The maximum Gasteiger partial charge on any atom is 0.136 e. The summed E-state index contributed by atoms with van der Waals surface area (Å²) in [6.07, 6.45) is 0. The average Bonchev–Trinajstić information content (AvgIpc) is 3.27. The van der Waals surface area contributed by atoms with Gasteiger partial charge in [-0.3, -0.25) is 0 Å². The Morgan fingerprint density at radius 2 is 1.21 bits per heavy atom. The summed E-state index contributed by atoms with van der Waals surface area (Å²) in [4.78, 5) is 10.2. The first kappa shape index (κ1) is 18.1. The highest BCUT2D eigenvalue weighted by molar-refractivity contribution is 6.23. The van der Waals surface area contributed by atoms with Crippen molar-refractivity contribution in [1.82, 2.24) is 9.97 Å². The minimum atomic E-state index is 0.878. The maximum absolute atomic E-state index is 6.20. The monoisotopic (exact) mass is 422 g/mol. The lowest BCUT2D eigenvalue weighted by Crippen LogP contribution is -1.96. The van der Waals surface area contributed by atoms with E-state index in [4.69, 9.17) is 14.4 Å². The number of para-hydroxylation sites is 3. The number of rotatable bonds is 2. The van der Waals surface area contributed by atoms with Gasteiger partial charge in [-0.25, -0.2) is 9.97 Å². The summed E-state index contributed by atoms with van der Waals surface area (Å²) >= 11 is 0. The molecule has 0 atom stereocenters. The van der Waals surface area contributed by atoms with Crippen LogP contribution in [0, 0.1) is 0 Å². The van der Waals surface area contributed by atoms with Crippen LogP contribution in [0.15, 0.2) is 114 Å². The second kappa shape index (κ2) is 7.01. The third-order valence-corrected chi connectivity index (χ3v) is 6.26. The van der Waals surface area contributed by atoms with Crippen molar-refractivity contribution in [3.8, 4) is 22.5 Å². The summed E-state index contributed by atoms with van der Waals surface area (Å²) in [5, 5.41) is 4.52. The van der Waals surface area contributed by atoms with Gasteiger partial charge < -0.3 is 4.42 Å². The van der Waals surface area contributed by atoms with Crippen LogP contribution in [0.1, 0.15) is 0 Å². The van der Waals surface area contributed by atoms with E-state index >= 15 is 0 Å². The van der Waals surface area contributed by atoms with Gasteiger partial charge in [0.05, 0.1) is 22.4 Å². The molecule has 7 rings (SSSR count). The fraction of sp³-hybridized carbons (Fsp3) is 0. The van der Waals surface area contributed by atoms with Gasteiger partial charge in [-0.15, -0.1) is 0 Å². The highest BCUT2D eigenvalue weighted by Gasteiger charge is 2.19. The van der Waals surface area contributed by atoms with Crippen LogP contribution in [-0.4, -0.2) is 9.97 Å². The molecule has 0 saturated heterocycles. The van der Waals surface area contributed by atoms with Crippen molar-refractivity contribution in [3.63, 3.8) is 0 Å². The van der Waals surface area contributed by atoms with Crippen molar-refractivity contribution in [1.29, 1.82) is 0 Å². The van der Waals surface area contributed by atoms with Crippen molar-refractivity contribution >= 4 is 43.7 Å². The fourth-order valence-corrected chi connectivity index (χ4v) is 4.78. The third-order valence-electron chi connectivity index (χ3n) is 6.26. The summed E-state index contributed by atoms with van der Waals surface area (Å²) in [5.74, 6) is 0.